The Hall–Kier alpha value is -2.88. The van der Waals surface area contributed by atoms with Gasteiger partial charge < -0.3 is 10.4 Å². The molecule has 0 aliphatic heterocycles. The average Bonchev–Trinajstić information content (AvgIpc) is 2.50. The van der Waals surface area contributed by atoms with Crippen molar-refractivity contribution in [2.24, 2.45) is 0 Å². The van der Waals surface area contributed by atoms with Crippen molar-refractivity contribution in [1.29, 1.82) is 0 Å². The number of nitrogens with zero attached hydrogens (tertiary/aromatic N) is 1. The minimum atomic E-state index is -0.233. The third kappa shape index (κ3) is 2.43. The summed E-state index contributed by atoms with van der Waals surface area (Å²) in [6, 6.07) is 15.4. The molecule has 4 heteroatoms. The maximum atomic E-state index is 11.1. The highest BCUT2D eigenvalue weighted by Crippen LogP contribution is 2.36. The quantitative estimate of drug-likeness (QED) is 0.704. The molecular formula is C17H14N2O2. The smallest absolute Gasteiger partial charge is 0.221 e. The summed E-state index contributed by atoms with van der Waals surface area (Å²) in [6.07, 6.45) is 1.65. The van der Waals surface area contributed by atoms with E-state index >= 15 is 0 Å². The Labute approximate surface area is 122 Å². The van der Waals surface area contributed by atoms with Crippen LogP contribution in [0.1, 0.15) is 6.92 Å². The van der Waals surface area contributed by atoms with Crippen molar-refractivity contribution in [1.82, 2.24) is 4.98 Å². The van der Waals surface area contributed by atoms with Crippen LogP contribution in [-0.2, 0) is 4.79 Å². The average molecular weight is 278 g/mol. The molecule has 104 valence electrons. The number of amides is 1. The maximum absolute atomic E-state index is 11.1. The van der Waals surface area contributed by atoms with E-state index in [0.717, 1.165) is 16.5 Å². The zero-order valence-corrected chi connectivity index (χ0v) is 11.5. The van der Waals surface area contributed by atoms with Crippen molar-refractivity contribution >= 4 is 22.5 Å². The zero-order valence-electron chi connectivity index (χ0n) is 11.5. The predicted octanol–water partition coefficient (Wildman–Crippen LogP) is 3.57. The molecule has 21 heavy (non-hydrogen) atoms. The summed E-state index contributed by atoms with van der Waals surface area (Å²) in [4.78, 5) is 15.4. The molecule has 4 nitrogen and oxygen atoms in total. The normalized spacial score (nSPS) is 10.5. The summed E-state index contributed by atoms with van der Waals surface area (Å²) in [6.45, 7) is 1.40. The lowest BCUT2D eigenvalue weighted by molar-refractivity contribution is -0.114. The van der Waals surface area contributed by atoms with Gasteiger partial charge in [-0.3, -0.25) is 9.78 Å². The number of carbonyl (C=O) groups is 1. The SMILES string of the molecule is CC(=O)Nc1ccc2c(-c3ccccc3)ccnc2c1O. The second-order valence-corrected chi connectivity index (χ2v) is 4.76. The summed E-state index contributed by atoms with van der Waals surface area (Å²) in [5.74, 6) is -0.246. The summed E-state index contributed by atoms with van der Waals surface area (Å²) in [7, 11) is 0. The van der Waals surface area contributed by atoms with Crippen LogP contribution < -0.4 is 5.32 Å². The van der Waals surface area contributed by atoms with E-state index in [1.807, 2.05) is 42.5 Å². The standard InChI is InChI=1S/C17H14N2O2/c1-11(20)19-15-8-7-14-13(12-5-3-2-4-6-12)9-10-18-16(14)17(15)21/h2-10,21H,1H3,(H,19,20). The number of aromatic nitrogens is 1. The number of aromatic hydroxyl groups is 1. The number of pyridine rings is 1. The highest BCUT2D eigenvalue weighted by atomic mass is 16.3. The van der Waals surface area contributed by atoms with Gasteiger partial charge in [0.05, 0.1) is 5.69 Å². The van der Waals surface area contributed by atoms with Crippen LogP contribution in [0, 0.1) is 0 Å². The molecule has 1 amide bonds. The molecule has 0 unspecified atom stereocenters. The van der Waals surface area contributed by atoms with Crippen LogP contribution in [0.2, 0.25) is 0 Å². The largest absolute Gasteiger partial charge is 0.504 e. The van der Waals surface area contributed by atoms with E-state index in [4.69, 9.17) is 0 Å². The van der Waals surface area contributed by atoms with Crippen molar-refractivity contribution in [3.63, 3.8) is 0 Å². The van der Waals surface area contributed by atoms with Crippen molar-refractivity contribution in [2.45, 2.75) is 6.92 Å². The Morgan fingerprint density at radius 3 is 2.57 bits per heavy atom. The molecule has 0 saturated heterocycles. The maximum Gasteiger partial charge on any atom is 0.221 e. The lowest BCUT2D eigenvalue weighted by Gasteiger charge is -2.11. The molecule has 0 fully saturated rings. The monoisotopic (exact) mass is 278 g/mol. The van der Waals surface area contributed by atoms with Crippen molar-refractivity contribution in [3.8, 4) is 16.9 Å². The molecular weight excluding hydrogens is 264 g/mol. The lowest BCUT2D eigenvalue weighted by atomic mass is 10.0. The van der Waals surface area contributed by atoms with E-state index in [-0.39, 0.29) is 11.7 Å². The third-order valence-corrected chi connectivity index (χ3v) is 3.28. The first kappa shape index (κ1) is 13.1. The van der Waals surface area contributed by atoms with E-state index in [1.54, 1.807) is 12.3 Å². The van der Waals surface area contributed by atoms with Crippen LogP contribution in [0.15, 0.2) is 54.7 Å². The Kier molecular flexibility index (Phi) is 3.28. The number of phenolic OH excluding ortho intramolecular Hbond substituents is 1. The van der Waals surface area contributed by atoms with Gasteiger partial charge in [0, 0.05) is 18.5 Å². The highest BCUT2D eigenvalue weighted by Gasteiger charge is 2.12. The first-order chi connectivity index (χ1) is 10.2. The Morgan fingerprint density at radius 2 is 1.86 bits per heavy atom. The third-order valence-electron chi connectivity index (χ3n) is 3.28. The van der Waals surface area contributed by atoms with Gasteiger partial charge in [0.2, 0.25) is 5.91 Å². The molecule has 1 aromatic heterocycles. The van der Waals surface area contributed by atoms with Crippen molar-refractivity contribution < 1.29 is 9.90 Å². The summed E-state index contributed by atoms with van der Waals surface area (Å²) >= 11 is 0. The zero-order chi connectivity index (χ0) is 14.8. The van der Waals surface area contributed by atoms with E-state index in [1.165, 1.54) is 6.92 Å². The molecule has 3 rings (SSSR count). The number of benzene rings is 2. The lowest BCUT2D eigenvalue weighted by Crippen LogP contribution is -2.06. The van der Waals surface area contributed by atoms with E-state index < -0.39 is 0 Å². The van der Waals surface area contributed by atoms with E-state index in [0.29, 0.717) is 11.2 Å². The number of hydrogen-bond donors (Lipinski definition) is 2. The predicted molar refractivity (Wildman–Crippen MR) is 83.1 cm³/mol. The summed E-state index contributed by atoms with van der Waals surface area (Å²) in [5.41, 5.74) is 2.89. The Bertz CT molecular complexity index is 814. The summed E-state index contributed by atoms with van der Waals surface area (Å²) < 4.78 is 0. The molecule has 0 saturated carbocycles. The second kappa shape index (κ2) is 5.25. The van der Waals surface area contributed by atoms with Gasteiger partial charge in [-0.1, -0.05) is 30.3 Å². The minimum Gasteiger partial charge on any atom is -0.504 e. The van der Waals surface area contributed by atoms with Crippen LogP contribution in [0.5, 0.6) is 5.75 Å². The number of phenols is 1. The van der Waals surface area contributed by atoms with Crippen LogP contribution in [0.4, 0.5) is 5.69 Å². The molecule has 2 aromatic carbocycles. The molecule has 0 spiro atoms. The van der Waals surface area contributed by atoms with Gasteiger partial charge in [-0.05, 0) is 29.3 Å². The molecule has 0 aliphatic carbocycles. The second-order valence-electron chi connectivity index (χ2n) is 4.76. The Balaban J connectivity index is 2.22. The molecule has 0 atom stereocenters. The van der Waals surface area contributed by atoms with Gasteiger partial charge >= 0.3 is 0 Å². The number of rotatable bonds is 2. The van der Waals surface area contributed by atoms with E-state index in [2.05, 4.69) is 10.3 Å². The van der Waals surface area contributed by atoms with Crippen molar-refractivity contribution in [2.75, 3.05) is 5.32 Å². The van der Waals surface area contributed by atoms with Crippen molar-refractivity contribution in [3.05, 3.63) is 54.7 Å². The Morgan fingerprint density at radius 1 is 1.10 bits per heavy atom. The van der Waals surface area contributed by atoms with Gasteiger partial charge in [0.25, 0.3) is 0 Å². The van der Waals surface area contributed by atoms with Gasteiger partial charge in [0.1, 0.15) is 5.52 Å². The first-order valence-electron chi connectivity index (χ1n) is 6.60. The number of anilines is 1. The van der Waals surface area contributed by atoms with Gasteiger partial charge in [-0.2, -0.15) is 0 Å². The summed E-state index contributed by atoms with van der Waals surface area (Å²) in [5, 5.41) is 13.7. The molecule has 0 aliphatic rings. The fourth-order valence-corrected chi connectivity index (χ4v) is 2.36. The molecule has 3 aromatic rings. The number of hydrogen-bond acceptors (Lipinski definition) is 3. The molecule has 0 radical (unpaired) electrons. The van der Waals surface area contributed by atoms with Crippen LogP contribution in [0.25, 0.3) is 22.0 Å². The number of fused-ring (bicyclic) bond motifs is 1. The molecule has 1 heterocycles. The van der Waals surface area contributed by atoms with Crippen LogP contribution in [-0.4, -0.2) is 16.0 Å². The number of carbonyl (C=O) groups excluding carboxylic acids is 1. The topological polar surface area (TPSA) is 62.2 Å². The highest BCUT2D eigenvalue weighted by molar-refractivity contribution is 6.02. The first-order valence-corrected chi connectivity index (χ1v) is 6.60. The fourth-order valence-electron chi connectivity index (χ4n) is 2.36. The molecule has 2 N–H and O–H groups in total. The minimum absolute atomic E-state index is 0.0134. The molecule has 0 bridgehead atoms. The fraction of sp³-hybridized carbons (Fsp3) is 0.0588. The number of nitrogens with one attached hydrogen (secondary N) is 1. The van der Waals surface area contributed by atoms with Crippen LogP contribution >= 0.6 is 0 Å². The van der Waals surface area contributed by atoms with E-state index in [9.17, 15) is 9.90 Å². The van der Waals surface area contributed by atoms with Gasteiger partial charge in [-0.15, -0.1) is 0 Å². The van der Waals surface area contributed by atoms with Gasteiger partial charge in [-0.25, -0.2) is 0 Å². The van der Waals surface area contributed by atoms with Crippen LogP contribution in [0.3, 0.4) is 0 Å². The van der Waals surface area contributed by atoms with Gasteiger partial charge in [0.15, 0.2) is 5.75 Å².